The molecule has 0 bridgehead atoms. The van der Waals surface area contributed by atoms with Gasteiger partial charge in [-0.15, -0.1) is 0 Å². The van der Waals surface area contributed by atoms with Gasteiger partial charge in [0.1, 0.15) is 11.5 Å². The molecule has 1 N–H and O–H groups in total. The average Bonchev–Trinajstić information content (AvgIpc) is 3.19. The summed E-state index contributed by atoms with van der Waals surface area (Å²) >= 11 is 0. The van der Waals surface area contributed by atoms with E-state index in [-0.39, 0.29) is 11.5 Å². The summed E-state index contributed by atoms with van der Waals surface area (Å²) in [4.78, 5) is 27.4. The number of alkyl carbamates (subject to hydrolysis) is 1. The van der Waals surface area contributed by atoms with Crippen LogP contribution in [0, 0.1) is 0 Å². The zero-order valence-electron chi connectivity index (χ0n) is 18.3. The number of aromatic nitrogens is 2. The Bertz CT molecular complexity index is 1240. The maximum Gasteiger partial charge on any atom is 0.407 e. The lowest BCUT2D eigenvalue weighted by Gasteiger charge is -2.25. The number of carbonyl (C=O) groups excluding carboxylic acids is 2. The summed E-state index contributed by atoms with van der Waals surface area (Å²) < 4.78 is 34.1. The first-order valence-corrected chi connectivity index (χ1v) is 11.3. The molecule has 0 saturated heterocycles. The topological polar surface area (TPSA) is 107 Å². The Kier molecular flexibility index (Phi) is 6.50. The molecular weight excluding hydrogens is 430 g/mol. The van der Waals surface area contributed by atoms with E-state index in [2.05, 4.69) is 10.3 Å². The Balaban J connectivity index is 2.39. The van der Waals surface area contributed by atoms with Crippen LogP contribution in [-0.4, -0.2) is 36.8 Å². The second-order valence-electron chi connectivity index (χ2n) is 8.14. The van der Waals surface area contributed by atoms with Crippen molar-refractivity contribution < 1.29 is 22.7 Å². The predicted molar refractivity (Wildman–Crippen MR) is 120 cm³/mol. The van der Waals surface area contributed by atoms with E-state index in [1.807, 2.05) is 20.8 Å². The molecule has 3 aromatic rings. The Morgan fingerprint density at radius 1 is 1.19 bits per heavy atom. The number of hydrogen-bond donors (Lipinski definition) is 1. The zero-order chi connectivity index (χ0) is 23.5. The molecule has 2 aromatic heterocycles. The molecule has 168 valence electrons. The summed E-state index contributed by atoms with van der Waals surface area (Å²) in [7, 11) is -2.66. The van der Waals surface area contributed by atoms with E-state index in [0.717, 1.165) is 0 Å². The van der Waals surface area contributed by atoms with Gasteiger partial charge >= 0.3 is 6.09 Å². The molecule has 0 unspecified atom stereocenters. The van der Waals surface area contributed by atoms with Crippen LogP contribution in [-0.2, 0) is 26.8 Å². The largest absolute Gasteiger partial charge is 0.445 e. The van der Waals surface area contributed by atoms with Crippen LogP contribution in [0.25, 0.3) is 11.3 Å². The van der Waals surface area contributed by atoms with Crippen molar-refractivity contribution >= 4 is 22.4 Å². The van der Waals surface area contributed by atoms with Crippen LogP contribution in [0.15, 0.2) is 59.8 Å². The van der Waals surface area contributed by atoms with Gasteiger partial charge in [-0.05, 0) is 18.2 Å². The van der Waals surface area contributed by atoms with Crippen LogP contribution in [0.2, 0.25) is 0 Å². The third-order valence-electron chi connectivity index (χ3n) is 4.85. The highest BCUT2D eigenvalue weighted by molar-refractivity contribution is 7.90. The van der Waals surface area contributed by atoms with Gasteiger partial charge in [-0.1, -0.05) is 45.0 Å². The predicted octanol–water partition coefficient (Wildman–Crippen LogP) is 3.75. The molecule has 9 heteroatoms. The summed E-state index contributed by atoms with van der Waals surface area (Å²) in [6, 6.07) is 11.4. The average molecular weight is 456 g/mol. The molecule has 0 saturated carbocycles. The molecule has 0 aliphatic carbocycles. The minimum atomic E-state index is -4.10. The van der Waals surface area contributed by atoms with Gasteiger partial charge in [-0.25, -0.2) is 17.2 Å². The van der Waals surface area contributed by atoms with Gasteiger partial charge < -0.3 is 10.1 Å². The molecule has 3 rings (SSSR count). The number of ether oxygens (including phenoxy) is 1. The molecule has 0 fully saturated rings. The van der Waals surface area contributed by atoms with E-state index in [9.17, 15) is 18.0 Å². The molecule has 0 aliphatic rings. The third-order valence-corrected chi connectivity index (χ3v) is 6.54. The van der Waals surface area contributed by atoms with E-state index in [4.69, 9.17) is 4.74 Å². The van der Waals surface area contributed by atoms with Crippen molar-refractivity contribution in [2.24, 2.45) is 0 Å². The highest BCUT2D eigenvalue weighted by Crippen LogP contribution is 2.38. The number of benzene rings is 1. The lowest BCUT2D eigenvalue weighted by Crippen LogP contribution is -2.26. The lowest BCUT2D eigenvalue weighted by molar-refractivity contribution is 0.112. The Labute approximate surface area is 187 Å². The maximum atomic E-state index is 13.8. The van der Waals surface area contributed by atoms with Gasteiger partial charge in [0.05, 0.1) is 5.69 Å². The summed E-state index contributed by atoms with van der Waals surface area (Å²) in [6.45, 7) is 5.47. The number of nitrogens with zero attached hydrogens (tertiary/aromatic N) is 2. The zero-order valence-corrected chi connectivity index (χ0v) is 19.1. The first-order chi connectivity index (χ1) is 15.1. The normalized spacial score (nSPS) is 11.8. The SMILES string of the molecule is CNC(=O)OCc1cc(-c2ccccc2C=O)n(S(=O)(=O)c2cccnc2)c1C(C)(C)C. The first-order valence-electron chi connectivity index (χ1n) is 9.91. The number of nitrogens with one attached hydrogen (secondary N) is 1. The fourth-order valence-corrected chi connectivity index (χ4v) is 5.23. The molecule has 0 atom stereocenters. The highest BCUT2D eigenvalue weighted by Gasteiger charge is 2.33. The van der Waals surface area contributed by atoms with Crippen LogP contribution in [0.4, 0.5) is 4.79 Å². The number of aldehydes is 1. The smallest absolute Gasteiger partial charge is 0.407 e. The van der Waals surface area contributed by atoms with Gasteiger partial charge in [0.15, 0.2) is 6.29 Å². The Hall–Kier alpha value is -3.46. The van der Waals surface area contributed by atoms with Gasteiger partial charge in [-0.3, -0.25) is 9.78 Å². The quantitative estimate of drug-likeness (QED) is 0.567. The van der Waals surface area contributed by atoms with Crippen LogP contribution in [0.5, 0.6) is 0 Å². The van der Waals surface area contributed by atoms with Crippen LogP contribution < -0.4 is 5.32 Å². The maximum absolute atomic E-state index is 13.8. The second kappa shape index (κ2) is 8.96. The molecule has 8 nitrogen and oxygen atoms in total. The van der Waals surface area contributed by atoms with Gasteiger partial charge in [-0.2, -0.15) is 0 Å². The molecular formula is C23H25N3O5S. The lowest BCUT2D eigenvalue weighted by atomic mass is 9.90. The molecule has 2 heterocycles. The van der Waals surface area contributed by atoms with E-state index >= 15 is 0 Å². The van der Waals surface area contributed by atoms with Gasteiger partial charge in [0, 0.05) is 47.2 Å². The molecule has 1 amide bonds. The number of pyridine rings is 1. The minimum Gasteiger partial charge on any atom is -0.445 e. The second-order valence-corrected chi connectivity index (χ2v) is 9.93. The Morgan fingerprint density at radius 2 is 1.91 bits per heavy atom. The summed E-state index contributed by atoms with van der Waals surface area (Å²) in [6.07, 6.45) is 2.81. The molecule has 0 spiro atoms. The van der Waals surface area contributed by atoms with Gasteiger partial charge in [0.2, 0.25) is 0 Å². The van der Waals surface area contributed by atoms with Crippen LogP contribution in [0.1, 0.15) is 42.4 Å². The standard InChI is InChI=1S/C23H25N3O5S/c1-23(2,3)21-17(15-31-22(28)24-4)12-20(19-10-6-5-8-16(19)14-27)26(21)32(29,30)18-9-7-11-25-13-18/h5-14H,15H2,1-4H3,(H,24,28). The van der Waals surface area contributed by atoms with Crippen molar-refractivity contribution in [2.75, 3.05) is 7.05 Å². The fourth-order valence-electron chi connectivity index (χ4n) is 3.53. The van der Waals surface area contributed by atoms with Gasteiger partial charge in [0.25, 0.3) is 10.0 Å². The van der Waals surface area contributed by atoms with Crippen molar-refractivity contribution in [3.63, 3.8) is 0 Å². The fraction of sp³-hybridized carbons (Fsp3) is 0.261. The van der Waals surface area contributed by atoms with E-state index < -0.39 is 21.5 Å². The minimum absolute atomic E-state index is 0.00436. The summed E-state index contributed by atoms with van der Waals surface area (Å²) in [5.41, 5.74) is 1.41. The third kappa shape index (κ3) is 4.43. The molecule has 0 radical (unpaired) electrons. The van der Waals surface area contributed by atoms with Crippen molar-refractivity contribution in [2.45, 2.75) is 37.7 Å². The first kappa shape index (κ1) is 23.2. The van der Waals surface area contributed by atoms with E-state index in [1.165, 1.54) is 29.5 Å². The van der Waals surface area contributed by atoms with Crippen LogP contribution >= 0.6 is 0 Å². The highest BCUT2D eigenvalue weighted by atomic mass is 32.2. The number of hydrogen-bond acceptors (Lipinski definition) is 6. The molecule has 0 aliphatic heterocycles. The number of carbonyl (C=O) groups is 2. The van der Waals surface area contributed by atoms with Crippen molar-refractivity contribution in [3.8, 4) is 11.3 Å². The Morgan fingerprint density at radius 3 is 2.50 bits per heavy atom. The number of rotatable bonds is 6. The van der Waals surface area contributed by atoms with Crippen molar-refractivity contribution in [1.82, 2.24) is 14.3 Å². The van der Waals surface area contributed by atoms with E-state index in [1.54, 1.807) is 36.4 Å². The van der Waals surface area contributed by atoms with Crippen molar-refractivity contribution in [1.29, 1.82) is 0 Å². The molecule has 32 heavy (non-hydrogen) atoms. The molecule has 1 aromatic carbocycles. The summed E-state index contributed by atoms with van der Waals surface area (Å²) in [5.74, 6) is 0. The van der Waals surface area contributed by atoms with Crippen LogP contribution in [0.3, 0.4) is 0 Å². The number of amides is 1. The van der Waals surface area contributed by atoms with E-state index in [0.29, 0.717) is 34.4 Å². The monoisotopic (exact) mass is 455 g/mol. The van der Waals surface area contributed by atoms with Crippen molar-refractivity contribution in [3.05, 3.63) is 71.7 Å². The summed E-state index contributed by atoms with van der Waals surface area (Å²) in [5, 5.41) is 2.38.